The van der Waals surface area contributed by atoms with Gasteiger partial charge in [-0.3, -0.25) is 9.59 Å². The largest absolute Gasteiger partial charge is 0.364 e. The number of hydrogen-bond donors (Lipinski definition) is 1. The molecule has 0 unspecified atom stereocenters. The third kappa shape index (κ3) is 3.18. The van der Waals surface area contributed by atoms with E-state index in [-0.39, 0.29) is 28.8 Å². The summed E-state index contributed by atoms with van der Waals surface area (Å²) in [6, 6.07) is 7.56. The molecule has 0 radical (unpaired) electrons. The van der Waals surface area contributed by atoms with Gasteiger partial charge < -0.3 is 9.88 Å². The number of halogens is 1. The first-order valence-electron chi connectivity index (χ1n) is 7.82. The number of carbonyl (C=O) groups is 1. The number of pyridine rings is 1. The van der Waals surface area contributed by atoms with E-state index in [2.05, 4.69) is 4.98 Å². The molecule has 0 aliphatic carbocycles. The summed E-state index contributed by atoms with van der Waals surface area (Å²) in [4.78, 5) is 29.6. The van der Waals surface area contributed by atoms with Crippen LogP contribution in [0.5, 0.6) is 0 Å². The lowest BCUT2D eigenvalue weighted by Crippen LogP contribution is -2.40. The molecule has 1 aliphatic rings. The third-order valence-corrected chi connectivity index (χ3v) is 4.31. The molecule has 2 heterocycles. The predicted molar refractivity (Wildman–Crippen MR) is 85.8 cm³/mol. The Morgan fingerprint density at radius 1 is 1.26 bits per heavy atom. The van der Waals surface area contributed by atoms with Crippen LogP contribution in [-0.2, 0) is 0 Å². The van der Waals surface area contributed by atoms with Crippen molar-refractivity contribution in [3.63, 3.8) is 0 Å². The normalized spacial score (nSPS) is 18.0. The molecular formula is C18H19FN2O2. The summed E-state index contributed by atoms with van der Waals surface area (Å²) in [5.41, 5.74) is 1.52. The van der Waals surface area contributed by atoms with Crippen molar-refractivity contribution in [2.45, 2.75) is 32.2 Å². The van der Waals surface area contributed by atoms with Gasteiger partial charge >= 0.3 is 0 Å². The number of nitrogens with zero attached hydrogens (tertiary/aromatic N) is 1. The maximum Gasteiger partial charge on any atom is 0.259 e. The minimum absolute atomic E-state index is 0.113. The van der Waals surface area contributed by atoms with Gasteiger partial charge in [0.2, 0.25) is 0 Å². The predicted octanol–water partition coefficient (Wildman–Crippen LogP) is 3.19. The summed E-state index contributed by atoms with van der Waals surface area (Å²) in [5, 5.41) is 0. The smallest absolute Gasteiger partial charge is 0.259 e. The quantitative estimate of drug-likeness (QED) is 0.925. The van der Waals surface area contributed by atoms with Crippen LogP contribution in [0.4, 0.5) is 4.39 Å². The third-order valence-electron chi connectivity index (χ3n) is 4.31. The number of amides is 1. The van der Waals surface area contributed by atoms with Crippen molar-refractivity contribution in [1.82, 2.24) is 9.88 Å². The molecule has 0 spiro atoms. The molecule has 5 heteroatoms. The van der Waals surface area contributed by atoms with E-state index in [1.807, 2.05) is 0 Å². The maximum absolute atomic E-state index is 13.1. The molecule has 1 aliphatic heterocycles. The Bertz CT molecular complexity index is 767. The van der Waals surface area contributed by atoms with Gasteiger partial charge in [-0.2, -0.15) is 0 Å². The standard InChI is InChI=1S/C18H19FN2O2/c1-12-10-17(22)15(11-20-12)18(23)21-9-3-2-4-16(21)13-5-7-14(19)8-6-13/h5-8,10-11,16H,2-4,9H2,1H3,(H,20,22)/t16-/m1/s1. The molecule has 1 atom stereocenters. The summed E-state index contributed by atoms with van der Waals surface area (Å²) >= 11 is 0. The lowest BCUT2D eigenvalue weighted by atomic mass is 9.94. The SMILES string of the molecule is Cc1cc(=O)c(C(=O)N2CCCC[C@@H]2c2ccc(F)cc2)c[nH]1. The lowest BCUT2D eigenvalue weighted by Gasteiger charge is -2.36. The van der Waals surface area contributed by atoms with Crippen LogP contribution in [0, 0.1) is 12.7 Å². The van der Waals surface area contributed by atoms with Crippen LogP contribution in [0.25, 0.3) is 0 Å². The van der Waals surface area contributed by atoms with Gasteiger partial charge in [0.1, 0.15) is 11.4 Å². The molecule has 4 nitrogen and oxygen atoms in total. The molecule has 2 aromatic rings. The van der Waals surface area contributed by atoms with Crippen molar-refractivity contribution < 1.29 is 9.18 Å². The van der Waals surface area contributed by atoms with Crippen LogP contribution in [0.15, 0.2) is 41.3 Å². The minimum atomic E-state index is -0.294. The van der Waals surface area contributed by atoms with E-state index in [1.54, 1.807) is 24.0 Å². The molecule has 120 valence electrons. The van der Waals surface area contributed by atoms with Gasteiger partial charge in [-0.25, -0.2) is 4.39 Å². The molecule has 1 fully saturated rings. The number of likely N-dealkylation sites (tertiary alicyclic amines) is 1. The fraction of sp³-hybridized carbons (Fsp3) is 0.333. The first-order chi connectivity index (χ1) is 11.1. The van der Waals surface area contributed by atoms with E-state index in [9.17, 15) is 14.0 Å². The first kappa shape index (κ1) is 15.5. The summed E-state index contributed by atoms with van der Waals surface area (Å²) in [6.45, 7) is 2.38. The molecule has 1 saturated heterocycles. The molecule has 0 saturated carbocycles. The van der Waals surface area contributed by atoms with Crippen LogP contribution in [0.3, 0.4) is 0 Å². The van der Waals surface area contributed by atoms with E-state index >= 15 is 0 Å². The van der Waals surface area contributed by atoms with Gasteiger partial charge in [-0.05, 0) is 43.9 Å². The fourth-order valence-corrected chi connectivity index (χ4v) is 3.10. The average molecular weight is 314 g/mol. The number of hydrogen-bond acceptors (Lipinski definition) is 2. The highest BCUT2D eigenvalue weighted by Crippen LogP contribution is 2.31. The van der Waals surface area contributed by atoms with Crippen molar-refractivity contribution in [1.29, 1.82) is 0 Å². The highest BCUT2D eigenvalue weighted by molar-refractivity contribution is 5.94. The highest BCUT2D eigenvalue weighted by Gasteiger charge is 2.29. The van der Waals surface area contributed by atoms with Crippen molar-refractivity contribution in [2.75, 3.05) is 6.54 Å². The number of aromatic nitrogens is 1. The summed E-state index contributed by atoms with van der Waals surface area (Å²) in [7, 11) is 0. The minimum Gasteiger partial charge on any atom is -0.364 e. The van der Waals surface area contributed by atoms with Gasteiger partial charge in [0.25, 0.3) is 5.91 Å². The number of benzene rings is 1. The Hall–Kier alpha value is -2.43. The van der Waals surface area contributed by atoms with Gasteiger partial charge in [0, 0.05) is 24.5 Å². The van der Waals surface area contributed by atoms with E-state index in [0.717, 1.165) is 30.5 Å². The molecule has 1 N–H and O–H groups in total. The monoisotopic (exact) mass is 314 g/mol. The van der Waals surface area contributed by atoms with Crippen LogP contribution in [-0.4, -0.2) is 22.3 Å². The van der Waals surface area contributed by atoms with Crippen LogP contribution < -0.4 is 5.43 Å². The Morgan fingerprint density at radius 3 is 2.70 bits per heavy atom. The van der Waals surface area contributed by atoms with E-state index < -0.39 is 0 Å². The number of nitrogens with one attached hydrogen (secondary N) is 1. The van der Waals surface area contributed by atoms with Gasteiger partial charge in [-0.15, -0.1) is 0 Å². The maximum atomic E-state index is 13.1. The summed E-state index contributed by atoms with van der Waals surface area (Å²) in [5.74, 6) is -0.558. The Morgan fingerprint density at radius 2 is 2.00 bits per heavy atom. The van der Waals surface area contributed by atoms with Crippen LogP contribution in [0.2, 0.25) is 0 Å². The molecule has 0 bridgehead atoms. The zero-order valence-corrected chi connectivity index (χ0v) is 13.0. The van der Waals surface area contributed by atoms with Crippen molar-refractivity contribution in [3.8, 4) is 0 Å². The zero-order chi connectivity index (χ0) is 16.4. The van der Waals surface area contributed by atoms with Crippen molar-refractivity contribution >= 4 is 5.91 Å². The molecule has 3 rings (SSSR count). The average Bonchev–Trinajstić information content (AvgIpc) is 2.55. The van der Waals surface area contributed by atoms with Crippen molar-refractivity contribution in [3.05, 3.63) is 69.4 Å². The Kier molecular flexibility index (Phi) is 4.28. The molecule has 23 heavy (non-hydrogen) atoms. The van der Waals surface area contributed by atoms with Crippen LogP contribution >= 0.6 is 0 Å². The van der Waals surface area contributed by atoms with Crippen LogP contribution in [0.1, 0.15) is 46.9 Å². The number of aromatic amines is 1. The zero-order valence-electron chi connectivity index (χ0n) is 13.0. The summed E-state index contributed by atoms with van der Waals surface area (Å²) in [6.07, 6.45) is 4.22. The van der Waals surface area contributed by atoms with Gasteiger partial charge in [0.15, 0.2) is 5.43 Å². The molecule has 1 amide bonds. The Balaban J connectivity index is 1.93. The van der Waals surface area contributed by atoms with E-state index in [1.165, 1.54) is 24.4 Å². The van der Waals surface area contributed by atoms with E-state index in [4.69, 9.17) is 0 Å². The number of piperidine rings is 1. The van der Waals surface area contributed by atoms with E-state index in [0.29, 0.717) is 6.54 Å². The fourth-order valence-electron chi connectivity index (χ4n) is 3.10. The van der Waals surface area contributed by atoms with Crippen molar-refractivity contribution in [2.24, 2.45) is 0 Å². The first-order valence-corrected chi connectivity index (χ1v) is 7.82. The Labute approximate surface area is 134 Å². The number of carbonyl (C=O) groups excluding carboxylic acids is 1. The number of H-pyrrole nitrogens is 1. The number of aryl methyl sites for hydroxylation is 1. The summed E-state index contributed by atoms with van der Waals surface area (Å²) < 4.78 is 13.1. The second kappa shape index (κ2) is 6.36. The van der Waals surface area contributed by atoms with Gasteiger partial charge in [-0.1, -0.05) is 12.1 Å². The molecule has 1 aromatic heterocycles. The lowest BCUT2D eigenvalue weighted by molar-refractivity contribution is 0.0609. The molecular weight excluding hydrogens is 295 g/mol. The topological polar surface area (TPSA) is 53.2 Å². The van der Waals surface area contributed by atoms with Gasteiger partial charge in [0.05, 0.1) is 6.04 Å². The number of rotatable bonds is 2. The highest BCUT2D eigenvalue weighted by atomic mass is 19.1. The second-order valence-electron chi connectivity index (χ2n) is 5.96. The molecule has 1 aromatic carbocycles. The second-order valence-corrected chi connectivity index (χ2v) is 5.96.